The van der Waals surface area contributed by atoms with Gasteiger partial charge in [-0.1, -0.05) is 6.07 Å². The van der Waals surface area contributed by atoms with Crippen molar-refractivity contribution in [3.05, 3.63) is 27.8 Å². The average molecular weight is 277 g/mol. The van der Waals surface area contributed by atoms with Gasteiger partial charge in [0.05, 0.1) is 0 Å². The van der Waals surface area contributed by atoms with Gasteiger partial charge in [0.25, 0.3) is 0 Å². The molecule has 0 atom stereocenters. The van der Waals surface area contributed by atoms with Gasteiger partial charge < -0.3 is 5.32 Å². The molecule has 4 nitrogen and oxygen atoms in total. The maximum atomic E-state index is 10.7. The monoisotopic (exact) mass is 277 g/mol. The maximum absolute atomic E-state index is 10.7. The molecule has 1 aromatic carbocycles. The molecule has 0 spiro atoms. The predicted octanol–water partition coefficient (Wildman–Crippen LogP) is 1.29. The molecule has 0 heterocycles. The highest BCUT2D eigenvalue weighted by Crippen LogP contribution is 2.11. The Morgan fingerprint density at radius 2 is 2.25 bits per heavy atom. The second-order valence-corrected chi connectivity index (χ2v) is 3.35. The van der Waals surface area contributed by atoms with Crippen molar-refractivity contribution in [2.45, 2.75) is 0 Å². The molecule has 1 rings (SSSR count). The molecule has 0 saturated heterocycles. The number of amides is 2. The number of urea groups is 1. The van der Waals surface area contributed by atoms with Crippen LogP contribution >= 0.6 is 22.6 Å². The van der Waals surface area contributed by atoms with E-state index >= 15 is 0 Å². The van der Waals surface area contributed by atoms with E-state index in [1.807, 2.05) is 23.6 Å². The SMILES string of the molecule is NNC(=O)Nc1cccc(I)c1. The molecule has 1 aromatic rings. The summed E-state index contributed by atoms with van der Waals surface area (Å²) in [6.45, 7) is 0. The van der Waals surface area contributed by atoms with Gasteiger partial charge in [-0.2, -0.15) is 0 Å². The van der Waals surface area contributed by atoms with Gasteiger partial charge in [0.1, 0.15) is 0 Å². The van der Waals surface area contributed by atoms with Gasteiger partial charge in [0.2, 0.25) is 0 Å². The summed E-state index contributed by atoms with van der Waals surface area (Å²) < 4.78 is 1.06. The van der Waals surface area contributed by atoms with Gasteiger partial charge in [-0.15, -0.1) is 0 Å². The van der Waals surface area contributed by atoms with E-state index in [2.05, 4.69) is 27.9 Å². The summed E-state index contributed by atoms with van der Waals surface area (Å²) in [6.07, 6.45) is 0. The molecule has 0 radical (unpaired) electrons. The summed E-state index contributed by atoms with van der Waals surface area (Å²) in [7, 11) is 0. The average Bonchev–Trinajstić information content (AvgIpc) is 2.04. The molecular weight excluding hydrogens is 269 g/mol. The Morgan fingerprint density at radius 1 is 1.50 bits per heavy atom. The molecule has 0 fully saturated rings. The number of hydrogen-bond acceptors (Lipinski definition) is 2. The summed E-state index contributed by atoms with van der Waals surface area (Å²) in [5.74, 6) is 4.89. The van der Waals surface area contributed by atoms with Gasteiger partial charge in [-0.25, -0.2) is 10.6 Å². The lowest BCUT2D eigenvalue weighted by atomic mass is 10.3. The summed E-state index contributed by atoms with van der Waals surface area (Å²) in [4.78, 5) is 10.7. The second-order valence-electron chi connectivity index (χ2n) is 2.11. The van der Waals surface area contributed by atoms with Crippen molar-refractivity contribution in [1.29, 1.82) is 0 Å². The largest absolute Gasteiger partial charge is 0.333 e. The third kappa shape index (κ3) is 2.67. The van der Waals surface area contributed by atoms with Gasteiger partial charge in [0, 0.05) is 9.26 Å². The minimum atomic E-state index is -0.419. The zero-order chi connectivity index (χ0) is 8.97. The quantitative estimate of drug-likeness (QED) is 0.313. The van der Waals surface area contributed by atoms with Crippen molar-refractivity contribution >= 4 is 34.3 Å². The Labute approximate surface area is 83.6 Å². The zero-order valence-corrected chi connectivity index (χ0v) is 8.33. The first kappa shape index (κ1) is 9.27. The molecule has 4 N–H and O–H groups in total. The summed E-state index contributed by atoms with van der Waals surface area (Å²) in [5, 5.41) is 2.55. The zero-order valence-electron chi connectivity index (χ0n) is 6.17. The van der Waals surface area contributed by atoms with Crippen LogP contribution in [0.15, 0.2) is 24.3 Å². The van der Waals surface area contributed by atoms with Crippen LogP contribution in [0.2, 0.25) is 0 Å². The van der Waals surface area contributed by atoms with Crippen molar-refractivity contribution < 1.29 is 4.79 Å². The highest BCUT2D eigenvalue weighted by molar-refractivity contribution is 14.1. The number of nitrogens with two attached hydrogens (primary N) is 1. The lowest BCUT2D eigenvalue weighted by Gasteiger charge is -2.03. The Kier molecular flexibility index (Phi) is 3.30. The van der Waals surface area contributed by atoms with Gasteiger partial charge in [-0.05, 0) is 40.8 Å². The van der Waals surface area contributed by atoms with Crippen LogP contribution in [-0.2, 0) is 0 Å². The van der Waals surface area contributed by atoms with E-state index in [9.17, 15) is 4.79 Å². The van der Waals surface area contributed by atoms with E-state index in [4.69, 9.17) is 5.84 Å². The van der Waals surface area contributed by atoms with Crippen molar-refractivity contribution in [2.75, 3.05) is 5.32 Å². The number of hydrogen-bond donors (Lipinski definition) is 3. The number of benzene rings is 1. The number of halogens is 1. The van der Waals surface area contributed by atoms with Crippen LogP contribution in [0.3, 0.4) is 0 Å². The smallest absolute Gasteiger partial charge is 0.307 e. The van der Waals surface area contributed by atoms with Crippen LogP contribution in [0.25, 0.3) is 0 Å². The molecule has 5 heteroatoms. The van der Waals surface area contributed by atoms with Gasteiger partial charge in [0.15, 0.2) is 0 Å². The van der Waals surface area contributed by atoms with Crippen LogP contribution in [0, 0.1) is 3.57 Å². The van der Waals surface area contributed by atoms with E-state index in [0.717, 1.165) is 9.26 Å². The number of anilines is 1. The van der Waals surface area contributed by atoms with Crippen LogP contribution in [0.4, 0.5) is 10.5 Å². The van der Waals surface area contributed by atoms with Crippen molar-refractivity contribution in [3.63, 3.8) is 0 Å². The number of hydrazine groups is 1. The fraction of sp³-hybridized carbons (Fsp3) is 0. The van der Waals surface area contributed by atoms with Crippen molar-refractivity contribution in [1.82, 2.24) is 5.43 Å². The number of carbonyl (C=O) groups is 1. The highest BCUT2D eigenvalue weighted by atomic mass is 127. The minimum Gasteiger partial charge on any atom is -0.307 e. The normalized spacial score (nSPS) is 9.17. The first-order valence-corrected chi connectivity index (χ1v) is 4.33. The maximum Gasteiger partial charge on any atom is 0.333 e. The summed E-state index contributed by atoms with van der Waals surface area (Å²) in [5.41, 5.74) is 2.71. The molecule has 0 aromatic heterocycles. The molecule has 0 bridgehead atoms. The van der Waals surface area contributed by atoms with Crippen LogP contribution in [0.1, 0.15) is 0 Å². The molecule has 2 amide bonds. The van der Waals surface area contributed by atoms with E-state index in [-0.39, 0.29) is 0 Å². The standard InChI is InChI=1S/C7H8IN3O/c8-5-2-1-3-6(4-5)10-7(12)11-9/h1-4H,9H2,(H2,10,11,12). The Morgan fingerprint density at radius 3 is 2.83 bits per heavy atom. The first-order valence-electron chi connectivity index (χ1n) is 3.25. The first-order chi connectivity index (χ1) is 5.72. The third-order valence-electron chi connectivity index (χ3n) is 1.21. The van der Waals surface area contributed by atoms with E-state index in [1.165, 1.54) is 0 Å². The Balaban J connectivity index is 2.69. The van der Waals surface area contributed by atoms with E-state index in [0.29, 0.717) is 0 Å². The van der Waals surface area contributed by atoms with Crippen LogP contribution < -0.4 is 16.6 Å². The molecule has 0 saturated carbocycles. The minimum absolute atomic E-state index is 0.419. The molecular formula is C7H8IN3O. The topological polar surface area (TPSA) is 67.1 Å². The third-order valence-corrected chi connectivity index (χ3v) is 1.88. The predicted molar refractivity (Wildman–Crippen MR) is 55.5 cm³/mol. The van der Waals surface area contributed by atoms with Crippen molar-refractivity contribution in [3.8, 4) is 0 Å². The lowest BCUT2D eigenvalue weighted by Crippen LogP contribution is -2.34. The molecule has 0 aliphatic heterocycles. The summed E-state index contributed by atoms with van der Waals surface area (Å²) >= 11 is 2.16. The summed E-state index contributed by atoms with van der Waals surface area (Å²) in [6, 6.07) is 7.00. The Hall–Kier alpha value is -0.820. The van der Waals surface area contributed by atoms with Crippen molar-refractivity contribution in [2.24, 2.45) is 5.84 Å². The lowest BCUT2D eigenvalue weighted by molar-refractivity contribution is 0.252. The fourth-order valence-electron chi connectivity index (χ4n) is 0.733. The number of rotatable bonds is 1. The molecule has 12 heavy (non-hydrogen) atoms. The Bertz CT molecular complexity index is 290. The van der Waals surface area contributed by atoms with Gasteiger partial charge >= 0.3 is 6.03 Å². The number of carbonyl (C=O) groups excluding carboxylic acids is 1. The van der Waals surface area contributed by atoms with E-state index < -0.39 is 6.03 Å². The fourth-order valence-corrected chi connectivity index (χ4v) is 1.28. The van der Waals surface area contributed by atoms with Crippen LogP contribution in [-0.4, -0.2) is 6.03 Å². The molecule has 0 unspecified atom stereocenters. The van der Waals surface area contributed by atoms with Gasteiger partial charge in [-0.3, -0.25) is 5.43 Å². The molecule has 64 valence electrons. The molecule has 0 aliphatic carbocycles. The van der Waals surface area contributed by atoms with E-state index in [1.54, 1.807) is 6.07 Å². The molecule has 0 aliphatic rings. The highest BCUT2D eigenvalue weighted by Gasteiger charge is 1.97. The second kappa shape index (κ2) is 4.27. The number of nitrogens with one attached hydrogen (secondary N) is 2. The van der Waals surface area contributed by atoms with Crippen LogP contribution in [0.5, 0.6) is 0 Å².